The van der Waals surface area contributed by atoms with Crippen molar-refractivity contribution in [3.8, 4) is 0 Å². The number of carboxylic acids is 1. The van der Waals surface area contributed by atoms with Crippen LogP contribution in [0.5, 0.6) is 0 Å². The monoisotopic (exact) mass is 235 g/mol. The summed E-state index contributed by atoms with van der Waals surface area (Å²) in [6.45, 7) is 3.60. The van der Waals surface area contributed by atoms with E-state index in [2.05, 4.69) is 0 Å². The SMILES string of the molecule is CCC(C(=O)O)n1c(=O)oc2ccc(C)cc21. The highest BCUT2D eigenvalue weighted by Gasteiger charge is 2.23. The summed E-state index contributed by atoms with van der Waals surface area (Å²) in [5.41, 5.74) is 1.90. The van der Waals surface area contributed by atoms with E-state index in [0.29, 0.717) is 17.5 Å². The van der Waals surface area contributed by atoms with Crippen LogP contribution in [0.3, 0.4) is 0 Å². The van der Waals surface area contributed by atoms with Crippen molar-refractivity contribution in [2.75, 3.05) is 0 Å². The largest absolute Gasteiger partial charge is 0.480 e. The van der Waals surface area contributed by atoms with Gasteiger partial charge >= 0.3 is 11.7 Å². The van der Waals surface area contributed by atoms with Crippen LogP contribution in [0, 0.1) is 6.92 Å². The van der Waals surface area contributed by atoms with E-state index in [1.165, 1.54) is 4.57 Å². The number of hydrogen-bond donors (Lipinski definition) is 1. The van der Waals surface area contributed by atoms with Crippen LogP contribution in [0.2, 0.25) is 0 Å². The number of carboxylic acid groups (broad SMARTS) is 1. The van der Waals surface area contributed by atoms with Gasteiger partial charge in [-0.3, -0.25) is 4.57 Å². The molecule has 0 bridgehead atoms. The lowest BCUT2D eigenvalue weighted by molar-refractivity contribution is -0.141. The highest BCUT2D eigenvalue weighted by Crippen LogP contribution is 2.20. The quantitative estimate of drug-likeness (QED) is 0.882. The number of benzene rings is 1. The van der Waals surface area contributed by atoms with Crippen molar-refractivity contribution in [3.63, 3.8) is 0 Å². The number of rotatable bonds is 3. The molecule has 0 aliphatic heterocycles. The van der Waals surface area contributed by atoms with E-state index in [1.54, 1.807) is 19.1 Å². The molecule has 1 atom stereocenters. The summed E-state index contributed by atoms with van der Waals surface area (Å²) in [5, 5.41) is 9.10. The molecule has 0 spiro atoms. The predicted octanol–water partition coefficient (Wildman–Crippen LogP) is 1.94. The maximum Gasteiger partial charge on any atom is 0.420 e. The standard InChI is InChI=1S/C12H13NO4/c1-3-8(11(14)15)13-9-6-7(2)4-5-10(9)17-12(13)16/h4-6,8H,3H2,1-2H3,(H,14,15). The summed E-state index contributed by atoms with van der Waals surface area (Å²) in [6.07, 6.45) is 0.331. The molecule has 1 aromatic carbocycles. The second-order valence-corrected chi connectivity index (χ2v) is 3.97. The van der Waals surface area contributed by atoms with Gasteiger partial charge in [0, 0.05) is 0 Å². The molecule has 0 aliphatic carbocycles. The number of aromatic nitrogens is 1. The molecule has 5 heteroatoms. The molecule has 0 fully saturated rings. The van der Waals surface area contributed by atoms with Crippen LogP contribution in [0.1, 0.15) is 24.9 Å². The van der Waals surface area contributed by atoms with Gasteiger partial charge in [-0.05, 0) is 31.0 Å². The molecule has 1 heterocycles. The van der Waals surface area contributed by atoms with Crippen molar-refractivity contribution in [2.24, 2.45) is 0 Å². The van der Waals surface area contributed by atoms with Gasteiger partial charge < -0.3 is 9.52 Å². The summed E-state index contributed by atoms with van der Waals surface area (Å²) < 4.78 is 6.23. The molecule has 0 aliphatic rings. The number of carbonyl (C=O) groups is 1. The summed E-state index contributed by atoms with van der Waals surface area (Å²) in [7, 11) is 0. The lowest BCUT2D eigenvalue weighted by Gasteiger charge is -2.10. The molecule has 1 unspecified atom stereocenters. The van der Waals surface area contributed by atoms with E-state index in [1.807, 2.05) is 13.0 Å². The van der Waals surface area contributed by atoms with E-state index < -0.39 is 17.8 Å². The minimum Gasteiger partial charge on any atom is -0.480 e. The first-order valence-corrected chi connectivity index (χ1v) is 5.39. The van der Waals surface area contributed by atoms with Crippen LogP contribution in [0.15, 0.2) is 27.4 Å². The topological polar surface area (TPSA) is 72.4 Å². The average Bonchev–Trinajstić information content (AvgIpc) is 2.56. The van der Waals surface area contributed by atoms with Crippen LogP contribution in [0.4, 0.5) is 0 Å². The Morgan fingerprint density at radius 2 is 2.24 bits per heavy atom. The Balaban J connectivity index is 2.75. The van der Waals surface area contributed by atoms with E-state index in [9.17, 15) is 9.59 Å². The molecule has 0 saturated carbocycles. The van der Waals surface area contributed by atoms with Gasteiger partial charge in [0.05, 0.1) is 5.52 Å². The van der Waals surface area contributed by atoms with Gasteiger partial charge in [0.15, 0.2) is 5.58 Å². The number of aryl methyl sites for hydroxylation is 1. The van der Waals surface area contributed by atoms with Gasteiger partial charge in [-0.15, -0.1) is 0 Å². The fraction of sp³-hybridized carbons (Fsp3) is 0.333. The summed E-state index contributed by atoms with van der Waals surface area (Å²) >= 11 is 0. The minimum absolute atomic E-state index is 0.331. The number of fused-ring (bicyclic) bond motifs is 1. The third-order valence-corrected chi connectivity index (χ3v) is 2.75. The van der Waals surface area contributed by atoms with Gasteiger partial charge in [-0.1, -0.05) is 13.0 Å². The number of nitrogens with zero attached hydrogens (tertiary/aromatic N) is 1. The molecule has 2 aromatic rings. The predicted molar refractivity (Wildman–Crippen MR) is 62.2 cm³/mol. The lowest BCUT2D eigenvalue weighted by Crippen LogP contribution is -2.26. The molecular formula is C12H13NO4. The van der Waals surface area contributed by atoms with Crippen molar-refractivity contribution in [1.29, 1.82) is 0 Å². The normalized spacial score (nSPS) is 12.8. The van der Waals surface area contributed by atoms with Crippen molar-refractivity contribution >= 4 is 17.1 Å². The first-order valence-electron chi connectivity index (χ1n) is 5.39. The molecular weight excluding hydrogens is 222 g/mol. The maximum absolute atomic E-state index is 11.7. The Morgan fingerprint density at radius 3 is 2.82 bits per heavy atom. The van der Waals surface area contributed by atoms with E-state index in [4.69, 9.17) is 9.52 Å². The zero-order chi connectivity index (χ0) is 12.6. The second kappa shape index (κ2) is 4.08. The van der Waals surface area contributed by atoms with E-state index in [0.717, 1.165) is 5.56 Å². The molecule has 0 saturated heterocycles. The van der Waals surface area contributed by atoms with Crippen molar-refractivity contribution in [2.45, 2.75) is 26.3 Å². The number of hydrogen-bond acceptors (Lipinski definition) is 3. The maximum atomic E-state index is 11.7. The van der Waals surface area contributed by atoms with Crippen molar-refractivity contribution in [3.05, 3.63) is 34.3 Å². The van der Waals surface area contributed by atoms with Gasteiger partial charge in [0.2, 0.25) is 0 Å². The molecule has 2 rings (SSSR count). The smallest absolute Gasteiger partial charge is 0.420 e. The van der Waals surface area contributed by atoms with E-state index >= 15 is 0 Å². The summed E-state index contributed by atoms with van der Waals surface area (Å²) in [5.74, 6) is -1.65. The molecule has 1 N–H and O–H groups in total. The van der Waals surface area contributed by atoms with Crippen LogP contribution >= 0.6 is 0 Å². The molecule has 0 radical (unpaired) electrons. The summed E-state index contributed by atoms with van der Waals surface area (Å²) in [6, 6.07) is 4.37. The fourth-order valence-corrected chi connectivity index (χ4v) is 1.91. The zero-order valence-electron chi connectivity index (χ0n) is 9.64. The van der Waals surface area contributed by atoms with Crippen LogP contribution in [0.25, 0.3) is 11.1 Å². The highest BCUT2D eigenvalue weighted by molar-refractivity contribution is 5.78. The highest BCUT2D eigenvalue weighted by atomic mass is 16.4. The van der Waals surface area contributed by atoms with Crippen LogP contribution in [-0.2, 0) is 4.79 Å². The minimum atomic E-state index is -1.03. The lowest BCUT2D eigenvalue weighted by atomic mass is 10.2. The number of oxazole rings is 1. The Bertz CT molecular complexity index is 623. The first-order chi connectivity index (χ1) is 8.04. The Morgan fingerprint density at radius 1 is 1.53 bits per heavy atom. The number of aliphatic carboxylic acids is 1. The van der Waals surface area contributed by atoms with Gasteiger partial charge in [0.1, 0.15) is 6.04 Å². The van der Waals surface area contributed by atoms with E-state index in [-0.39, 0.29) is 0 Å². The molecule has 1 aromatic heterocycles. The van der Waals surface area contributed by atoms with Gasteiger partial charge in [-0.25, -0.2) is 9.59 Å². The molecule has 90 valence electrons. The molecule has 17 heavy (non-hydrogen) atoms. The van der Waals surface area contributed by atoms with Gasteiger partial charge in [0.25, 0.3) is 0 Å². The van der Waals surface area contributed by atoms with Crippen LogP contribution in [-0.4, -0.2) is 15.6 Å². The Hall–Kier alpha value is -2.04. The van der Waals surface area contributed by atoms with Crippen molar-refractivity contribution in [1.82, 2.24) is 4.57 Å². The Labute approximate surface area is 97.3 Å². The summed E-state index contributed by atoms with van der Waals surface area (Å²) in [4.78, 5) is 22.8. The second-order valence-electron chi connectivity index (χ2n) is 3.97. The average molecular weight is 235 g/mol. The Kier molecular flexibility index (Phi) is 2.75. The van der Waals surface area contributed by atoms with Crippen LogP contribution < -0.4 is 5.76 Å². The molecule has 5 nitrogen and oxygen atoms in total. The first kappa shape index (κ1) is 11.4. The third kappa shape index (κ3) is 1.84. The van der Waals surface area contributed by atoms with Gasteiger partial charge in [-0.2, -0.15) is 0 Å². The molecule has 0 amide bonds. The zero-order valence-corrected chi connectivity index (χ0v) is 9.64. The van der Waals surface area contributed by atoms with Crippen molar-refractivity contribution < 1.29 is 14.3 Å². The third-order valence-electron chi connectivity index (χ3n) is 2.75. The fourth-order valence-electron chi connectivity index (χ4n) is 1.91.